The second-order valence-corrected chi connectivity index (χ2v) is 4.10. The maximum absolute atomic E-state index is 10.9. The van der Waals surface area contributed by atoms with Crippen LogP contribution in [-0.4, -0.2) is 18.2 Å². The molecule has 0 saturated heterocycles. The number of carbonyl (C=O) groups is 1. The molecule has 0 saturated carbocycles. The van der Waals surface area contributed by atoms with Crippen molar-refractivity contribution < 1.29 is 14.6 Å². The molecular formula is C11H13BrO3. The lowest BCUT2D eigenvalue weighted by molar-refractivity contribution is -0.141. The summed E-state index contributed by atoms with van der Waals surface area (Å²) in [5.74, 6) is -0.302. The first-order chi connectivity index (χ1) is 7.13. The molecule has 0 radical (unpaired) electrons. The van der Waals surface area contributed by atoms with Crippen LogP contribution in [0.1, 0.15) is 24.5 Å². The Morgan fingerprint density at radius 1 is 1.60 bits per heavy atom. The Bertz CT molecular complexity index is 338. The average Bonchev–Trinajstić information content (AvgIpc) is 2.25. The highest BCUT2D eigenvalue weighted by atomic mass is 79.9. The summed E-state index contributed by atoms with van der Waals surface area (Å²) in [7, 11) is 1.34. The van der Waals surface area contributed by atoms with Gasteiger partial charge in [0.2, 0.25) is 0 Å². The standard InChI is InChI=1S/C11H13BrO3/c1-15-11(14)6-5-10(13)8-3-2-4-9(12)7-8/h2-4,7,10,13H,5-6H2,1H3. The van der Waals surface area contributed by atoms with E-state index in [0.717, 1.165) is 10.0 Å². The Hall–Kier alpha value is -0.870. The number of benzene rings is 1. The second kappa shape index (κ2) is 5.88. The molecule has 4 heteroatoms. The molecular weight excluding hydrogens is 260 g/mol. The smallest absolute Gasteiger partial charge is 0.305 e. The number of aliphatic hydroxyl groups is 1. The Morgan fingerprint density at radius 2 is 2.33 bits per heavy atom. The highest BCUT2D eigenvalue weighted by Gasteiger charge is 2.10. The number of methoxy groups -OCH3 is 1. The third kappa shape index (κ3) is 4.01. The van der Waals surface area contributed by atoms with E-state index < -0.39 is 6.10 Å². The lowest BCUT2D eigenvalue weighted by Gasteiger charge is -2.10. The van der Waals surface area contributed by atoms with Crippen LogP contribution in [0.15, 0.2) is 28.7 Å². The summed E-state index contributed by atoms with van der Waals surface area (Å²) in [6, 6.07) is 7.39. The Balaban J connectivity index is 2.53. The van der Waals surface area contributed by atoms with Crippen molar-refractivity contribution in [1.82, 2.24) is 0 Å². The van der Waals surface area contributed by atoms with E-state index in [2.05, 4.69) is 20.7 Å². The van der Waals surface area contributed by atoms with Crippen LogP contribution in [-0.2, 0) is 9.53 Å². The van der Waals surface area contributed by atoms with Gasteiger partial charge >= 0.3 is 5.97 Å². The molecule has 0 heterocycles. The third-order valence-corrected chi connectivity index (χ3v) is 2.58. The summed E-state index contributed by atoms with van der Waals surface area (Å²) in [5.41, 5.74) is 0.799. The minimum Gasteiger partial charge on any atom is -0.469 e. The fourth-order valence-corrected chi connectivity index (χ4v) is 1.65. The molecule has 1 rings (SSSR count). The highest BCUT2D eigenvalue weighted by Crippen LogP contribution is 2.21. The number of rotatable bonds is 4. The largest absolute Gasteiger partial charge is 0.469 e. The summed E-state index contributed by atoms with van der Waals surface area (Å²) in [5, 5.41) is 9.76. The Morgan fingerprint density at radius 3 is 2.93 bits per heavy atom. The van der Waals surface area contributed by atoms with Crippen molar-refractivity contribution in [3.8, 4) is 0 Å². The second-order valence-electron chi connectivity index (χ2n) is 3.19. The minimum absolute atomic E-state index is 0.226. The van der Waals surface area contributed by atoms with Crippen LogP contribution >= 0.6 is 15.9 Å². The van der Waals surface area contributed by atoms with Crippen molar-refractivity contribution >= 4 is 21.9 Å². The van der Waals surface area contributed by atoms with Crippen LogP contribution < -0.4 is 0 Å². The maximum Gasteiger partial charge on any atom is 0.305 e. The fraction of sp³-hybridized carbons (Fsp3) is 0.364. The Kier molecular flexibility index (Phi) is 4.78. The first-order valence-corrected chi connectivity index (χ1v) is 5.43. The molecule has 0 aliphatic carbocycles. The van der Waals surface area contributed by atoms with Crippen molar-refractivity contribution in [3.05, 3.63) is 34.3 Å². The molecule has 15 heavy (non-hydrogen) atoms. The molecule has 1 aromatic carbocycles. The summed E-state index contributed by atoms with van der Waals surface area (Å²) < 4.78 is 5.41. The van der Waals surface area contributed by atoms with E-state index in [1.165, 1.54) is 7.11 Å². The molecule has 1 aromatic rings. The number of hydrogen-bond donors (Lipinski definition) is 1. The van der Waals surface area contributed by atoms with E-state index in [4.69, 9.17) is 0 Å². The lowest BCUT2D eigenvalue weighted by atomic mass is 10.1. The van der Waals surface area contributed by atoms with Crippen LogP contribution in [0.25, 0.3) is 0 Å². The van der Waals surface area contributed by atoms with Gasteiger partial charge in [-0.05, 0) is 24.1 Å². The molecule has 0 aliphatic heterocycles. The predicted octanol–water partition coefficient (Wildman–Crippen LogP) is 2.44. The number of ether oxygens (including phenoxy) is 1. The molecule has 0 bridgehead atoms. The predicted molar refractivity (Wildman–Crippen MR) is 60.4 cm³/mol. The van der Waals surface area contributed by atoms with Crippen LogP contribution in [0.5, 0.6) is 0 Å². The van der Waals surface area contributed by atoms with Crippen molar-refractivity contribution in [3.63, 3.8) is 0 Å². The minimum atomic E-state index is -0.624. The van der Waals surface area contributed by atoms with E-state index in [-0.39, 0.29) is 12.4 Å². The summed E-state index contributed by atoms with van der Waals surface area (Å²) in [6.07, 6.45) is -0.0190. The van der Waals surface area contributed by atoms with Crippen LogP contribution in [0.4, 0.5) is 0 Å². The molecule has 1 unspecified atom stereocenters. The monoisotopic (exact) mass is 272 g/mol. The van der Waals surface area contributed by atoms with E-state index >= 15 is 0 Å². The fourth-order valence-electron chi connectivity index (χ4n) is 1.24. The van der Waals surface area contributed by atoms with Gasteiger partial charge in [-0.1, -0.05) is 28.1 Å². The van der Waals surface area contributed by atoms with Gasteiger partial charge in [-0.2, -0.15) is 0 Å². The van der Waals surface area contributed by atoms with Crippen LogP contribution in [0, 0.1) is 0 Å². The van der Waals surface area contributed by atoms with E-state index in [1.807, 2.05) is 24.3 Å². The summed E-state index contributed by atoms with van der Waals surface area (Å²) in [4.78, 5) is 10.9. The van der Waals surface area contributed by atoms with Crippen LogP contribution in [0.2, 0.25) is 0 Å². The molecule has 1 atom stereocenters. The van der Waals surface area contributed by atoms with E-state index in [9.17, 15) is 9.90 Å². The third-order valence-electron chi connectivity index (χ3n) is 2.08. The zero-order chi connectivity index (χ0) is 11.3. The van der Waals surface area contributed by atoms with Gasteiger partial charge in [0.25, 0.3) is 0 Å². The van der Waals surface area contributed by atoms with E-state index in [0.29, 0.717) is 6.42 Å². The van der Waals surface area contributed by atoms with Gasteiger partial charge in [-0.15, -0.1) is 0 Å². The molecule has 3 nitrogen and oxygen atoms in total. The van der Waals surface area contributed by atoms with Gasteiger partial charge in [-0.3, -0.25) is 4.79 Å². The molecule has 1 N–H and O–H groups in total. The molecule has 0 aromatic heterocycles. The van der Waals surface area contributed by atoms with Crippen molar-refractivity contribution in [2.75, 3.05) is 7.11 Å². The maximum atomic E-state index is 10.9. The van der Waals surface area contributed by atoms with Gasteiger partial charge in [0, 0.05) is 10.9 Å². The average molecular weight is 273 g/mol. The zero-order valence-corrected chi connectivity index (χ0v) is 10.0. The number of hydrogen-bond acceptors (Lipinski definition) is 3. The van der Waals surface area contributed by atoms with Gasteiger partial charge in [0.15, 0.2) is 0 Å². The van der Waals surface area contributed by atoms with Crippen LogP contribution in [0.3, 0.4) is 0 Å². The van der Waals surface area contributed by atoms with Crippen molar-refractivity contribution in [2.45, 2.75) is 18.9 Å². The molecule has 0 spiro atoms. The van der Waals surface area contributed by atoms with Gasteiger partial charge in [-0.25, -0.2) is 0 Å². The zero-order valence-electron chi connectivity index (χ0n) is 8.44. The van der Waals surface area contributed by atoms with Gasteiger partial charge in [0.1, 0.15) is 0 Å². The topological polar surface area (TPSA) is 46.5 Å². The van der Waals surface area contributed by atoms with E-state index in [1.54, 1.807) is 0 Å². The number of aliphatic hydroxyl groups excluding tert-OH is 1. The first kappa shape index (κ1) is 12.2. The molecule has 0 aliphatic rings. The highest BCUT2D eigenvalue weighted by molar-refractivity contribution is 9.10. The number of carbonyl (C=O) groups excluding carboxylic acids is 1. The van der Waals surface area contributed by atoms with Crippen molar-refractivity contribution in [2.24, 2.45) is 0 Å². The molecule has 82 valence electrons. The van der Waals surface area contributed by atoms with Gasteiger partial charge in [0.05, 0.1) is 13.2 Å². The number of esters is 1. The summed E-state index contributed by atoms with van der Waals surface area (Å²) in [6.45, 7) is 0. The SMILES string of the molecule is COC(=O)CCC(O)c1cccc(Br)c1. The van der Waals surface area contributed by atoms with Gasteiger partial charge < -0.3 is 9.84 Å². The quantitative estimate of drug-likeness (QED) is 0.857. The summed E-state index contributed by atoms with van der Waals surface area (Å²) >= 11 is 3.32. The first-order valence-electron chi connectivity index (χ1n) is 4.64. The Labute approximate surface area is 97.2 Å². The molecule has 0 amide bonds. The molecule has 0 fully saturated rings. The normalized spacial score (nSPS) is 12.2. The number of halogens is 1. The van der Waals surface area contributed by atoms with Crippen molar-refractivity contribution in [1.29, 1.82) is 0 Å². The lowest BCUT2D eigenvalue weighted by Crippen LogP contribution is -2.04.